The van der Waals surface area contributed by atoms with E-state index in [1.165, 1.54) is 0 Å². The molecular weight excluding hydrogens is 294 g/mol. The second kappa shape index (κ2) is 6.29. The Morgan fingerprint density at radius 3 is 2.87 bits per heavy atom. The lowest BCUT2D eigenvalue weighted by molar-refractivity contribution is -0.0439. The van der Waals surface area contributed by atoms with E-state index in [4.69, 9.17) is 9.26 Å². The predicted molar refractivity (Wildman–Crippen MR) is 85.0 cm³/mol. The molecule has 122 valence electrons. The molecule has 3 atom stereocenters. The third-order valence-corrected chi connectivity index (χ3v) is 4.85. The highest BCUT2D eigenvalue weighted by molar-refractivity contribution is 5.54. The number of nitrogens with zero attached hydrogens (tertiary/aromatic N) is 3. The Morgan fingerprint density at radius 1 is 1.17 bits per heavy atom. The largest absolute Gasteiger partial charge is 0.393 e. The van der Waals surface area contributed by atoms with Crippen LogP contribution in [0.1, 0.15) is 19.3 Å². The Kier molecular flexibility index (Phi) is 4.01. The van der Waals surface area contributed by atoms with Crippen LogP contribution in [0.15, 0.2) is 34.9 Å². The van der Waals surface area contributed by atoms with Crippen molar-refractivity contribution >= 4 is 5.95 Å². The van der Waals surface area contributed by atoms with Gasteiger partial charge in [-0.3, -0.25) is 0 Å². The Balaban J connectivity index is 1.56. The maximum atomic E-state index is 10.3. The fourth-order valence-corrected chi connectivity index (χ4v) is 3.63. The maximum Gasteiger partial charge on any atom is 0.266 e. The normalized spacial score (nSPS) is 28.2. The van der Waals surface area contributed by atoms with Crippen LogP contribution in [0, 0.1) is 5.92 Å². The highest BCUT2D eigenvalue weighted by Gasteiger charge is 2.39. The summed E-state index contributed by atoms with van der Waals surface area (Å²) in [5.41, 5.74) is 0.919. The number of anilines is 1. The lowest BCUT2D eigenvalue weighted by atomic mass is 9.89. The minimum absolute atomic E-state index is 0.116. The van der Waals surface area contributed by atoms with Gasteiger partial charge in [-0.1, -0.05) is 18.2 Å². The van der Waals surface area contributed by atoms with Crippen molar-refractivity contribution < 1.29 is 14.4 Å². The van der Waals surface area contributed by atoms with Crippen LogP contribution in [-0.2, 0) is 4.74 Å². The zero-order chi connectivity index (χ0) is 15.6. The van der Waals surface area contributed by atoms with Crippen molar-refractivity contribution in [3.63, 3.8) is 0 Å². The lowest BCUT2D eigenvalue weighted by Gasteiger charge is -2.36. The quantitative estimate of drug-likeness (QED) is 0.935. The predicted octanol–water partition coefficient (Wildman–Crippen LogP) is 2.10. The molecule has 0 unspecified atom stereocenters. The molecule has 2 aliphatic rings. The molecule has 4 rings (SSSR count). The number of aliphatic hydroxyl groups excluding tert-OH is 1. The molecule has 2 saturated heterocycles. The van der Waals surface area contributed by atoms with Crippen molar-refractivity contribution in [3.8, 4) is 11.5 Å². The molecule has 2 aromatic rings. The Bertz CT molecular complexity index is 646. The minimum Gasteiger partial charge on any atom is -0.393 e. The van der Waals surface area contributed by atoms with Crippen molar-refractivity contribution in [1.82, 2.24) is 10.1 Å². The van der Waals surface area contributed by atoms with Gasteiger partial charge in [-0.2, -0.15) is 4.98 Å². The van der Waals surface area contributed by atoms with E-state index in [9.17, 15) is 5.11 Å². The van der Waals surface area contributed by atoms with Crippen LogP contribution in [0.25, 0.3) is 11.5 Å². The summed E-state index contributed by atoms with van der Waals surface area (Å²) in [6.07, 6.45) is 2.50. The number of aliphatic hydroxyl groups is 1. The van der Waals surface area contributed by atoms with Crippen LogP contribution >= 0.6 is 0 Å². The molecule has 0 saturated carbocycles. The summed E-state index contributed by atoms with van der Waals surface area (Å²) in [6.45, 7) is 2.14. The van der Waals surface area contributed by atoms with E-state index in [-0.39, 0.29) is 18.1 Å². The summed E-state index contributed by atoms with van der Waals surface area (Å²) < 4.78 is 11.0. The first kappa shape index (κ1) is 14.7. The first-order chi connectivity index (χ1) is 11.3. The van der Waals surface area contributed by atoms with Crippen LogP contribution in [0.4, 0.5) is 5.95 Å². The fourth-order valence-electron chi connectivity index (χ4n) is 3.63. The van der Waals surface area contributed by atoms with Gasteiger partial charge in [0.15, 0.2) is 0 Å². The smallest absolute Gasteiger partial charge is 0.266 e. The standard InChI is InChI=1S/C17H21N3O3/c21-15-8-10-22-11-13(15)14-7-4-9-20(14)17-18-16(23-19-17)12-5-2-1-3-6-12/h1-3,5-6,13-15,21H,4,7-11H2/t13-,14+,15+/m0/s1. The molecule has 1 aromatic carbocycles. The molecule has 0 radical (unpaired) electrons. The molecule has 23 heavy (non-hydrogen) atoms. The highest BCUT2D eigenvalue weighted by Crippen LogP contribution is 2.33. The fraction of sp³-hybridized carbons (Fsp3) is 0.529. The number of aromatic nitrogens is 2. The summed E-state index contributed by atoms with van der Waals surface area (Å²) in [5, 5.41) is 14.5. The summed E-state index contributed by atoms with van der Waals surface area (Å²) in [4.78, 5) is 6.72. The molecule has 1 aromatic heterocycles. The molecule has 6 nitrogen and oxygen atoms in total. The number of hydrogen-bond acceptors (Lipinski definition) is 6. The van der Waals surface area contributed by atoms with Crippen molar-refractivity contribution in [2.45, 2.75) is 31.4 Å². The molecule has 2 aliphatic heterocycles. The molecule has 2 fully saturated rings. The third kappa shape index (κ3) is 2.84. The minimum atomic E-state index is -0.310. The van der Waals surface area contributed by atoms with Crippen LogP contribution in [0.2, 0.25) is 0 Å². The van der Waals surface area contributed by atoms with Crippen LogP contribution in [0.5, 0.6) is 0 Å². The van der Waals surface area contributed by atoms with Gasteiger partial charge in [-0.25, -0.2) is 0 Å². The van der Waals surface area contributed by atoms with Gasteiger partial charge in [0.25, 0.3) is 11.8 Å². The zero-order valence-corrected chi connectivity index (χ0v) is 13.0. The van der Waals surface area contributed by atoms with Gasteiger partial charge < -0.3 is 19.3 Å². The Labute approximate surface area is 135 Å². The second-order valence-corrected chi connectivity index (χ2v) is 6.26. The molecule has 0 amide bonds. The number of hydrogen-bond donors (Lipinski definition) is 1. The zero-order valence-electron chi connectivity index (χ0n) is 13.0. The van der Waals surface area contributed by atoms with E-state index in [0.717, 1.165) is 24.9 Å². The molecule has 0 bridgehead atoms. The van der Waals surface area contributed by atoms with E-state index in [2.05, 4.69) is 15.0 Å². The number of benzene rings is 1. The Hall–Kier alpha value is -1.92. The van der Waals surface area contributed by atoms with E-state index in [0.29, 0.717) is 31.5 Å². The van der Waals surface area contributed by atoms with Crippen LogP contribution in [-0.4, -0.2) is 47.2 Å². The summed E-state index contributed by atoms with van der Waals surface area (Å²) in [5.74, 6) is 1.26. The van der Waals surface area contributed by atoms with Crippen molar-refractivity contribution in [2.75, 3.05) is 24.7 Å². The van der Waals surface area contributed by atoms with E-state index >= 15 is 0 Å². The van der Waals surface area contributed by atoms with Crippen molar-refractivity contribution in [2.24, 2.45) is 5.92 Å². The summed E-state index contributed by atoms with van der Waals surface area (Å²) in [7, 11) is 0. The average molecular weight is 315 g/mol. The van der Waals surface area contributed by atoms with Gasteiger partial charge in [0, 0.05) is 30.7 Å². The molecule has 6 heteroatoms. The maximum absolute atomic E-state index is 10.3. The van der Waals surface area contributed by atoms with Gasteiger partial charge in [-0.15, -0.1) is 0 Å². The van der Waals surface area contributed by atoms with Crippen molar-refractivity contribution in [3.05, 3.63) is 30.3 Å². The number of ether oxygens (including phenoxy) is 1. The monoisotopic (exact) mass is 315 g/mol. The van der Waals surface area contributed by atoms with Gasteiger partial charge >= 0.3 is 0 Å². The van der Waals surface area contributed by atoms with Gasteiger partial charge in [0.05, 0.1) is 12.7 Å². The lowest BCUT2D eigenvalue weighted by Crippen LogP contribution is -2.46. The van der Waals surface area contributed by atoms with Crippen LogP contribution < -0.4 is 4.90 Å². The molecule has 3 heterocycles. The molecule has 1 N–H and O–H groups in total. The molecular formula is C17H21N3O3. The van der Waals surface area contributed by atoms with Crippen molar-refractivity contribution in [1.29, 1.82) is 0 Å². The first-order valence-electron chi connectivity index (χ1n) is 8.24. The number of rotatable bonds is 3. The van der Waals surface area contributed by atoms with E-state index < -0.39 is 0 Å². The van der Waals surface area contributed by atoms with Gasteiger partial charge in [-0.05, 0) is 36.6 Å². The average Bonchev–Trinajstić information content (AvgIpc) is 3.25. The van der Waals surface area contributed by atoms with Gasteiger partial charge in [0.2, 0.25) is 0 Å². The highest BCUT2D eigenvalue weighted by atomic mass is 16.5. The summed E-state index contributed by atoms with van der Waals surface area (Å²) >= 11 is 0. The van der Waals surface area contributed by atoms with E-state index in [1.54, 1.807) is 0 Å². The van der Waals surface area contributed by atoms with Crippen LogP contribution in [0.3, 0.4) is 0 Å². The Morgan fingerprint density at radius 2 is 2.04 bits per heavy atom. The molecule has 0 spiro atoms. The summed E-state index contributed by atoms with van der Waals surface area (Å²) in [6, 6.07) is 9.99. The second-order valence-electron chi connectivity index (χ2n) is 6.26. The van der Waals surface area contributed by atoms with Gasteiger partial charge in [0.1, 0.15) is 0 Å². The SMILES string of the molecule is O[C@@H]1CCOC[C@H]1[C@H]1CCCN1c1noc(-c2ccccc2)n1. The molecule has 0 aliphatic carbocycles. The van der Waals surface area contributed by atoms with E-state index in [1.807, 2.05) is 30.3 Å². The topological polar surface area (TPSA) is 71.6 Å². The first-order valence-corrected chi connectivity index (χ1v) is 8.24. The third-order valence-electron chi connectivity index (χ3n) is 4.85.